The molecule has 0 saturated carbocycles. The van der Waals surface area contributed by atoms with E-state index in [1.165, 1.54) is 4.57 Å². The number of ether oxygens (including phenoxy) is 1. The highest BCUT2D eigenvalue weighted by molar-refractivity contribution is 9.10. The number of aromatic nitrogens is 4. The molecule has 3 heterocycles. The Bertz CT molecular complexity index is 2020. The molecule has 5 aromatic rings. The zero-order chi connectivity index (χ0) is 33.9. The van der Waals surface area contributed by atoms with Crippen molar-refractivity contribution >= 4 is 27.7 Å². The molecule has 0 spiro atoms. The van der Waals surface area contributed by atoms with Crippen molar-refractivity contribution in [2.75, 3.05) is 6.61 Å². The molecule has 2 aromatic heterocycles. The number of hydrogen-bond acceptors (Lipinski definition) is 6. The van der Waals surface area contributed by atoms with Gasteiger partial charge >= 0.3 is 5.69 Å². The van der Waals surface area contributed by atoms with E-state index in [4.69, 9.17) is 4.74 Å². The van der Waals surface area contributed by atoms with Crippen molar-refractivity contribution in [1.82, 2.24) is 29.3 Å². The minimum atomic E-state index is -0.439. The second-order valence-electron chi connectivity index (χ2n) is 12.4. The first-order valence-electron chi connectivity index (χ1n) is 15.9. The fourth-order valence-electron chi connectivity index (χ4n) is 5.85. The van der Waals surface area contributed by atoms with Crippen molar-refractivity contribution in [3.05, 3.63) is 128 Å². The van der Waals surface area contributed by atoms with Crippen LogP contribution >= 0.6 is 15.9 Å². The van der Waals surface area contributed by atoms with Crippen molar-refractivity contribution in [2.24, 2.45) is 5.92 Å². The summed E-state index contributed by atoms with van der Waals surface area (Å²) < 4.78 is 9.83. The van der Waals surface area contributed by atoms with Gasteiger partial charge < -0.3 is 15.0 Å². The van der Waals surface area contributed by atoms with Crippen LogP contribution in [0, 0.1) is 12.8 Å². The normalized spacial score (nSPS) is 14.1. The van der Waals surface area contributed by atoms with Gasteiger partial charge in [-0.1, -0.05) is 54.0 Å². The van der Waals surface area contributed by atoms with Gasteiger partial charge in [-0.25, -0.2) is 14.8 Å². The summed E-state index contributed by atoms with van der Waals surface area (Å²) in [6, 6.07) is 21.7. The van der Waals surface area contributed by atoms with Crippen LogP contribution in [0.15, 0.2) is 94.5 Å². The lowest BCUT2D eigenvalue weighted by atomic mass is 10.1. The molecule has 11 heteroatoms. The monoisotopic (exact) mass is 708 g/mol. The van der Waals surface area contributed by atoms with Crippen LogP contribution in [0.5, 0.6) is 5.75 Å². The summed E-state index contributed by atoms with van der Waals surface area (Å²) in [5.41, 5.74) is 3.93. The average molecular weight is 710 g/mol. The number of rotatable bonds is 9. The third-order valence-corrected chi connectivity index (χ3v) is 9.26. The predicted octanol–water partition coefficient (Wildman–Crippen LogP) is 6.18. The first kappa shape index (κ1) is 32.9. The molecule has 0 fully saturated rings. The molecular weight excluding hydrogens is 672 g/mol. The van der Waals surface area contributed by atoms with Gasteiger partial charge in [-0.3, -0.25) is 18.7 Å². The number of hydrogen-bond donors (Lipinski definition) is 1. The van der Waals surface area contributed by atoms with Crippen molar-refractivity contribution in [3.8, 4) is 22.8 Å². The van der Waals surface area contributed by atoms with Gasteiger partial charge in [0, 0.05) is 47.1 Å². The lowest BCUT2D eigenvalue weighted by Crippen LogP contribution is -2.47. The van der Waals surface area contributed by atoms with E-state index in [1.807, 2.05) is 50.2 Å². The number of imidazole rings is 1. The molecule has 1 aliphatic rings. The van der Waals surface area contributed by atoms with Crippen LogP contribution in [0.3, 0.4) is 0 Å². The molecule has 0 bridgehead atoms. The molecule has 48 heavy (non-hydrogen) atoms. The molecule has 10 nitrogen and oxygen atoms in total. The SMILES string of the molecule is Cc1cc(C(=O)N2Cc3c(C(=O)NCc4ccccc4-c4ncccn4)n(-c4ccc(OCC(C)C)cc4)c(=O)n3C[C@@H]2C)ccc1Br. The van der Waals surface area contributed by atoms with Crippen LogP contribution in [0.1, 0.15) is 58.4 Å². The number of carbonyl (C=O) groups is 2. The largest absolute Gasteiger partial charge is 0.493 e. The molecule has 0 unspecified atom stereocenters. The van der Waals surface area contributed by atoms with Crippen LogP contribution in [0.25, 0.3) is 17.1 Å². The number of aryl methyl sites for hydroxylation is 1. The maximum Gasteiger partial charge on any atom is 0.333 e. The second kappa shape index (κ2) is 14.0. The third kappa shape index (κ3) is 6.68. The second-order valence-corrected chi connectivity index (χ2v) is 13.2. The van der Waals surface area contributed by atoms with Gasteiger partial charge in [-0.15, -0.1) is 0 Å². The number of benzene rings is 3. The fourth-order valence-corrected chi connectivity index (χ4v) is 6.10. The average Bonchev–Trinajstić information content (AvgIpc) is 3.38. The summed E-state index contributed by atoms with van der Waals surface area (Å²) in [6.07, 6.45) is 3.35. The van der Waals surface area contributed by atoms with E-state index in [9.17, 15) is 14.4 Å². The van der Waals surface area contributed by atoms with Gasteiger partial charge in [0.1, 0.15) is 11.4 Å². The Morgan fingerprint density at radius 1 is 1.02 bits per heavy atom. The molecular formula is C37H37BrN6O4. The standard InChI is InChI=1S/C37H37BrN6O4/c1-23(2)22-48-29-13-11-28(12-14-29)44-33(35(45)41-19-27-8-5-6-9-30(27)34-39-16-7-17-40-34)32-21-42(25(4)20-43(32)37(44)47)36(46)26-10-15-31(38)24(3)18-26/h5-18,23,25H,19-22H2,1-4H3,(H,41,45)/t25-/m0/s1. The van der Waals surface area contributed by atoms with Gasteiger partial charge in [-0.05, 0) is 79.4 Å². The Morgan fingerprint density at radius 3 is 2.46 bits per heavy atom. The smallest absolute Gasteiger partial charge is 0.333 e. The summed E-state index contributed by atoms with van der Waals surface area (Å²) in [5, 5.41) is 3.04. The van der Waals surface area contributed by atoms with Gasteiger partial charge in [0.25, 0.3) is 11.8 Å². The minimum absolute atomic E-state index is 0.0874. The first-order chi connectivity index (χ1) is 23.1. The Hall–Kier alpha value is -5.03. The summed E-state index contributed by atoms with van der Waals surface area (Å²) >= 11 is 3.51. The van der Waals surface area contributed by atoms with E-state index < -0.39 is 5.91 Å². The van der Waals surface area contributed by atoms with Crippen molar-refractivity contribution in [1.29, 1.82) is 0 Å². The van der Waals surface area contributed by atoms with Crippen LogP contribution in [0.2, 0.25) is 0 Å². The highest BCUT2D eigenvalue weighted by Crippen LogP contribution is 2.27. The van der Waals surface area contributed by atoms with Gasteiger partial charge in [0.15, 0.2) is 5.82 Å². The zero-order valence-corrected chi connectivity index (χ0v) is 28.9. The maximum atomic E-state index is 14.3. The van der Waals surface area contributed by atoms with Crippen molar-refractivity contribution in [2.45, 2.75) is 53.4 Å². The lowest BCUT2D eigenvalue weighted by Gasteiger charge is -2.34. The Kier molecular flexibility index (Phi) is 9.58. The van der Waals surface area contributed by atoms with E-state index >= 15 is 0 Å². The quantitative estimate of drug-likeness (QED) is 0.196. The summed E-state index contributed by atoms with van der Waals surface area (Å²) in [6.45, 7) is 9.05. The first-order valence-corrected chi connectivity index (χ1v) is 16.7. The van der Waals surface area contributed by atoms with Crippen LogP contribution in [0.4, 0.5) is 0 Å². The van der Waals surface area contributed by atoms with Crippen molar-refractivity contribution < 1.29 is 14.3 Å². The topological polar surface area (TPSA) is 111 Å². The van der Waals surface area contributed by atoms with Gasteiger partial charge in [0.05, 0.1) is 24.5 Å². The summed E-state index contributed by atoms with van der Waals surface area (Å²) in [4.78, 5) is 52.7. The molecule has 6 rings (SSSR count). The number of halogens is 1. The van der Waals surface area contributed by atoms with Crippen LogP contribution in [-0.2, 0) is 19.6 Å². The molecule has 3 aromatic carbocycles. The maximum absolute atomic E-state index is 14.3. The number of nitrogens with one attached hydrogen (secondary N) is 1. The minimum Gasteiger partial charge on any atom is -0.493 e. The van der Waals surface area contributed by atoms with E-state index in [1.54, 1.807) is 58.3 Å². The number of amides is 2. The van der Waals surface area contributed by atoms with Crippen LogP contribution < -0.4 is 15.7 Å². The fraction of sp³-hybridized carbons (Fsp3) is 0.270. The molecule has 2 amide bonds. The molecule has 1 atom stereocenters. The Balaban J connectivity index is 1.38. The predicted molar refractivity (Wildman–Crippen MR) is 187 cm³/mol. The van der Waals surface area contributed by atoms with Crippen molar-refractivity contribution in [3.63, 3.8) is 0 Å². The van der Waals surface area contributed by atoms with E-state index in [0.717, 1.165) is 21.2 Å². The highest BCUT2D eigenvalue weighted by atomic mass is 79.9. The molecule has 0 aliphatic carbocycles. The lowest BCUT2D eigenvalue weighted by molar-refractivity contribution is 0.0610. The number of carbonyl (C=O) groups excluding carboxylic acids is 2. The Morgan fingerprint density at radius 2 is 1.75 bits per heavy atom. The molecule has 0 saturated heterocycles. The molecule has 1 aliphatic heterocycles. The van der Waals surface area contributed by atoms with Crippen LogP contribution in [-0.4, -0.2) is 48.5 Å². The molecule has 246 valence electrons. The zero-order valence-electron chi connectivity index (χ0n) is 27.3. The third-order valence-electron chi connectivity index (χ3n) is 8.37. The number of fused-ring (bicyclic) bond motifs is 1. The molecule has 0 radical (unpaired) electrons. The summed E-state index contributed by atoms with van der Waals surface area (Å²) in [7, 11) is 0. The molecule has 1 N–H and O–H groups in total. The highest BCUT2D eigenvalue weighted by Gasteiger charge is 2.35. The van der Waals surface area contributed by atoms with Gasteiger partial charge in [0.2, 0.25) is 0 Å². The summed E-state index contributed by atoms with van der Waals surface area (Å²) in [5.74, 6) is 0.968. The van der Waals surface area contributed by atoms with E-state index in [0.29, 0.717) is 41.0 Å². The Labute approximate surface area is 287 Å². The van der Waals surface area contributed by atoms with Gasteiger partial charge in [-0.2, -0.15) is 0 Å². The van der Waals surface area contributed by atoms with E-state index in [2.05, 4.69) is 45.1 Å². The number of nitrogens with zero attached hydrogens (tertiary/aromatic N) is 5. The van der Waals surface area contributed by atoms with E-state index in [-0.39, 0.29) is 43.0 Å².